The van der Waals surface area contributed by atoms with Gasteiger partial charge in [-0.25, -0.2) is 0 Å². The lowest BCUT2D eigenvalue weighted by atomic mass is 10.2. The standard InChI is InChI=1S/C8H16O3.C3H7/c1-8(9)11-7-5-3-4-6-10-2;1-3-2/h3-7H2,1-2H3;1,3H2,2H3. The molecule has 1 radical (unpaired) electrons. The van der Waals surface area contributed by atoms with Gasteiger partial charge < -0.3 is 9.47 Å². The van der Waals surface area contributed by atoms with E-state index in [1.165, 1.54) is 6.92 Å². The van der Waals surface area contributed by atoms with Gasteiger partial charge in [-0.15, -0.1) is 0 Å². The Labute approximate surface area is 87.8 Å². The van der Waals surface area contributed by atoms with Gasteiger partial charge in [0.25, 0.3) is 0 Å². The molecule has 0 saturated heterocycles. The van der Waals surface area contributed by atoms with Gasteiger partial charge in [-0.3, -0.25) is 4.79 Å². The summed E-state index contributed by atoms with van der Waals surface area (Å²) in [6.07, 6.45) is 4.03. The smallest absolute Gasteiger partial charge is 0.302 e. The van der Waals surface area contributed by atoms with Gasteiger partial charge in [-0.1, -0.05) is 20.3 Å². The highest BCUT2D eigenvalue weighted by Crippen LogP contribution is 1.95. The molecule has 0 aliphatic rings. The summed E-state index contributed by atoms with van der Waals surface area (Å²) < 4.78 is 9.60. The van der Waals surface area contributed by atoms with Crippen molar-refractivity contribution in [3.05, 3.63) is 6.92 Å². The Bertz CT molecular complexity index is 113. The number of carbonyl (C=O) groups is 1. The summed E-state index contributed by atoms with van der Waals surface area (Å²) in [5, 5.41) is 0. The number of ether oxygens (including phenoxy) is 2. The van der Waals surface area contributed by atoms with E-state index in [1.54, 1.807) is 7.11 Å². The summed E-state index contributed by atoms with van der Waals surface area (Å²) in [6, 6.07) is 0. The molecule has 0 saturated carbocycles. The van der Waals surface area contributed by atoms with Crippen molar-refractivity contribution in [2.75, 3.05) is 20.3 Å². The summed E-state index contributed by atoms with van der Waals surface area (Å²) in [4.78, 5) is 10.3. The first-order chi connectivity index (χ1) is 6.68. The van der Waals surface area contributed by atoms with Crippen molar-refractivity contribution in [2.24, 2.45) is 0 Å². The molecule has 0 aliphatic carbocycles. The summed E-state index contributed by atoms with van der Waals surface area (Å²) in [6.45, 7) is 8.26. The van der Waals surface area contributed by atoms with Crippen LogP contribution in [0, 0.1) is 6.92 Å². The Morgan fingerprint density at radius 2 is 1.71 bits per heavy atom. The second-order valence-corrected chi connectivity index (χ2v) is 2.89. The van der Waals surface area contributed by atoms with E-state index in [2.05, 4.69) is 6.92 Å². The monoisotopic (exact) mass is 203 g/mol. The molecule has 0 spiro atoms. The van der Waals surface area contributed by atoms with Crippen molar-refractivity contribution in [3.8, 4) is 0 Å². The van der Waals surface area contributed by atoms with Gasteiger partial charge in [0.2, 0.25) is 0 Å². The molecule has 0 aromatic heterocycles. The van der Waals surface area contributed by atoms with Crippen LogP contribution < -0.4 is 0 Å². The number of unbranched alkanes of at least 4 members (excludes halogenated alkanes) is 2. The van der Waals surface area contributed by atoms with E-state index < -0.39 is 0 Å². The molecule has 0 unspecified atom stereocenters. The van der Waals surface area contributed by atoms with Crippen LogP contribution in [-0.2, 0) is 14.3 Å². The Balaban J connectivity index is 0. The highest BCUT2D eigenvalue weighted by atomic mass is 16.5. The van der Waals surface area contributed by atoms with Crippen LogP contribution in [0.3, 0.4) is 0 Å². The molecule has 14 heavy (non-hydrogen) atoms. The van der Waals surface area contributed by atoms with Crippen molar-refractivity contribution in [1.29, 1.82) is 0 Å². The van der Waals surface area contributed by atoms with Crippen molar-refractivity contribution in [3.63, 3.8) is 0 Å². The fraction of sp³-hybridized carbons (Fsp3) is 0.818. The van der Waals surface area contributed by atoms with Crippen LogP contribution >= 0.6 is 0 Å². The Kier molecular flexibility index (Phi) is 16.9. The lowest BCUT2D eigenvalue weighted by molar-refractivity contribution is -0.141. The first-order valence-electron chi connectivity index (χ1n) is 5.10. The van der Waals surface area contributed by atoms with Gasteiger partial charge in [0.05, 0.1) is 6.61 Å². The minimum atomic E-state index is -0.197. The Hall–Kier alpha value is -0.570. The van der Waals surface area contributed by atoms with Crippen LogP contribution in [0.5, 0.6) is 0 Å². The zero-order valence-corrected chi connectivity index (χ0v) is 9.67. The summed E-state index contributed by atoms with van der Waals surface area (Å²) in [7, 11) is 1.69. The minimum Gasteiger partial charge on any atom is -0.466 e. The highest BCUT2D eigenvalue weighted by molar-refractivity contribution is 5.65. The number of methoxy groups -OCH3 is 1. The number of hydrogen-bond donors (Lipinski definition) is 0. The molecule has 0 atom stereocenters. The topological polar surface area (TPSA) is 35.5 Å². The maximum absolute atomic E-state index is 10.3. The van der Waals surface area contributed by atoms with Gasteiger partial charge in [0, 0.05) is 20.6 Å². The van der Waals surface area contributed by atoms with E-state index in [0.717, 1.165) is 32.3 Å². The highest BCUT2D eigenvalue weighted by Gasteiger charge is 1.92. The number of hydrogen-bond acceptors (Lipinski definition) is 3. The molecule has 0 fully saturated rings. The largest absolute Gasteiger partial charge is 0.466 e. The molecular weight excluding hydrogens is 180 g/mol. The first kappa shape index (κ1) is 15.9. The lowest BCUT2D eigenvalue weighted by Crippen LogP contribution is -2.00. The average molecular weight is 203 g/mol. The zero-order valence-electron chi connectivity index (χ0n) is 9.67. The number of carbonyl (C=O) groups excluding carboxylic acids is 1. The fourth-order valence-corrected chi connectivity index (χ4v) is 0.741. The predicted octanol–water partition coefficient (Wildman–Crippen LogP) is 2.60. The van der Waals surface area contributed by atoms with E-state index >= 15 is 0 Å². The molecule has 0 N–H and O–H groups in total. The molecule has 3 heteroatoms. The molecule has 0 rings (SSSR count). The molecule has 3 nitrogen and oxygen atoms in total. The average Bonchev–Trinajstić information content (AvgIpc) is 2.12. The third kappa shape index (κ3) is 22.5. The normalized spacial score (nSPS) is 8.86. The molecule has 0 bridgehead atoms. The van der Waals surface area contributed by atoms with Crippen molar-refractivity contribution in [1.82, 2.24) is 0 Å². The molecular formula is C11H23O3. The summed E-state index contributed by atoms with van der Waals surface area (Å²) in [5.41, 5.74) is 0. The van der Waals surface area contributed by atoms with Gasteiger partial charge in [-0.2, -0.15) is 0 Å². The van der Waals surface area contributed by atoms with Gasteiger partial charge in [0.15, 0.2) is 0 Å². The van der Waals surface area contributed by atoms with Crippen molar-refractivity contribution in [2.45, 2.75) is 39.5 Å². The van der Waals surface area contributed by atoms with E-state index in [0.29, 0.717) is 6.61 Å². The Morgan fingerprint density at radius 3 is 2.14 bits per heavy atom. The van der Waals surface area contributed by atoms with Crippen LogP contribution in [0.25, 0.3) is 0 Å². The van der Waals surface area contributed by atoms with Crippen LogP contribution in [0.2, 0.25) is 0 Å². The predicted molar refractivity (Wildman–Crippen MR) is 58.0 cm³/mol. The molecule has 0 aromatic rings. The quantitative estimate of drug-likeness (QED) is 0.491. The van der Waals surface area contributed by atoms with E-state index in [-0.39, 0.29) is 5.97 Å². The number of esters is 1. The van der Waals surface area contributed by atoms with E-state index in [1.807, 2.05) is 6.92 Å². The van der Waals surface area contributed by atoms with Gasteiger partial charge in [0.1, 0.15) is 0 Å². The molecule has 0 heterocycles. The van der Waals surface area contributed by atoms with Crippen molar-refractivity contribution < 1.29 is 14.3 Å². The number of rotatable bonds is 6. The maximum Gasteiger partial charge on any atom is 0.302 e. The van der Waals surface area contributed by atoms with Crippen LogP contribution in [0.4, 0.5) is 0 Å². The molecule has 0 aromatic carbocycles. The third-order valence-electron chi connectivity index (χ3n) is 1.30. The maximum atomic E-state index is 10.3. The first-order valence-corrected chi connectivity index (χ1v) is 5.10. The van der Waals surface area contributed by atoms with E-state index in [4.69, 9.17) is 9.47 Å². The van der Waals surface area contributed by atoms with E-state index in [9.17, 15) is 4.79 Å². The second kappa shape index (κ2) is 14.9. The molecule has 0 aliphatic heterocycles. The van der Waals surface area contributed by atoms with Gasteiger partial charge in [-0.05, 0) is 19.3 Å². The van der Waals surface area contributed by atoms with Crippen LogP contribution in [0.1, 0.15) is 39.5 Å². The third-order valence-corrected chi connectivity index (χ3v) is 1.30. The van der Waals surface area contributed by atoms with Crippen LogP contribution in [0.15, 0.2) is 0 Å². The zero-order chi connectivity index (χ0) is 11.2. The molecule has 0 amide bonds. The van der Waals surface area contributed by atoms with Crippen LogP contribution in [-0.4, -0.2) is 26.3 Å². The van der Waals surface area contributed by atoms with Gasteiger partial charge >= 0.3 is 5.97 Å². The summed E-state index contributed by atoms with van der Waals surface area (Å²) >= 11 is 0. The SMILES string of the molecule is COCCCCCOC(C)=O.[CH2]CC. The van der Waals surface area contributed by atoms with Crippen molar-refractivity contribution >= 4 is 5.97 Å². The fourth-order valence-electron chi connectivity index (χ4n) is 0.741. The molecule has 85 valence electrons. The minimum absolute atomic E-state index is 0.197. The second-order valence-electron chi connectivity index (χ2n) is 2.89. The lowest BCUT2D eigenvalue weighted by Gasteiger charge is -2.00. The summed E-state index contributed by atoms with van der Waals surface area (Å²) in [5.74, 6) is -0.197. The Morgan fingerprint density at radius 1 is 1.21 bits per heavy atom.